The predicted molar refractivity (Wildman–Crippen MR) is 203 cm³/mol. The summed E-state index contributed by atoms with van der Waals surface area (Å²) in [6.07, 6.45) is 15.5. The summed E-state index contributed by atoms with van der Waals surface area (Å²) in [5.41, 5.74) is 14.8. The number of pyridine rings is 2. The summed E-state index contributed by atoms with van der Waals surface area (Å²) >= 11 is 0. The van der Waals surface area contributed by atoms with Crippen LogP contribution in [0.15, 0.2) is 121 Å². The number of rotatable bonds is 3. The van der Waals surface area contributed by atoms with E-state index in [2.05, 4.69) is 162 Å². The molecule has 1 radical (unpaired) electrons. The van der Waals surface area contributed by atoms with Crippen molar-refractivity contribution in [2.45, 2.75) is 66.7 Å². The van der Waals surface area contributed by atoms with Crippen molar-refractivity contribution >= 4 is 6.08 Å². The van der Waals surface area contributed by atoms with Gasteiger partial charge in [0.15, 0.2) is 0 Å². The van der Waals surface area contributed by atoms with Gasteiger partial charge < -0.3 is 9.97 Å². The normalized spacial score (nSPS) is 16.4. The Balaban J connectivity index is 0.000000197. The molecule has 3 aromatic carbocycles. The van der Waals surface area contributed by atoms with Crippen LogP contribution >= 0.6 is 0 Å². The number of hydrogen-bond donors (Lipinski definition) is 0. The van der Waals surface area contributed by atoms with Crippen molar-refractivity contribution in [1.29, 1.82) is 0 Å². The molecule has 0 aliphatic heterocycles. The Bertz CT molecular complexity index is 2000. The fourth-order valence-electron chi connectivity index (χ4n) is 6.51. The van der Waals surface area contributed by atoms with Gasteiger partial charge in [0.25, 0.3) is 0 Å². The maximum absolute atomic E-state index is 4.64. The molecule has 0 fully saturated rings. The van der Waals surface area contributed by atoms with Crippen molar-refractivity contribution in [2.75, 3.05) is 0 Å². The van der Waals surface area contributed by atoms with Crippen molar-refractivity contribution in [1.82, 2.24) is 9.97 Å². The van der Waals surface area contributed by atoms with Crippen LogP contribution in [0.4, 0.5) is 0 Å². The van der Waals surface area contributed by atoms with Crippen molar-refractivity contribution in [3.05, 3.63) is 161 Å². The number of hydrogen-bond acceptors (Lipinski definition) is 2. The summed E-state index contributed by atoms with van der Waals surface area (Å²) in [6.45, 7) is 17.8. The smallest absolute Gasteiger partial charge is 0.0163 e. The number of aromatic nitrogens is 2. The van der Waals surface area contributed by atoms with Gasteiger partial charge >= 0.3 is 0 Å². The summed E-state index contributed by atoms with van der Waals surface area (Å²) in [7, 11) is 0. The molecule has 2 aromatic heterocycles. The molecule has 0 saturated carbocycles. The first-order valence-electron chi connectivity index (χ1n) is 17.0. The topological polar surface area (TPSA) is 25.8 Å². The molecule has 0 saturated heterocycles. The maximum Gasteiger partial charge on any atom is 0.0163 e. The summed E-state index contributed by atoms with van der Waals surface area (Å²) in [4.78, 5) is 9.03. The third kappa shape index (κ3) is 8.53. The molecule has 0 amide bonds. The van der Waals surface area contributed by atoms with Crippen LogP contribution in [-0.2, 0) is 25.5 Å². The summed E-state index contributed by atoms with van der Waals surface area (Å²) < 4.78 is 0. The third-order valence-electron chi connectivity index (χ3n) is 9.21. The van der Waals surface area contributed by atoms with Gasteiger partial charge in [0.05, 0.1) is 0 Å². The van der Waals surface area contributed by atoms with E-state index in [9.17, 15) is 0 Å². The Morgan fingerprint density at radius 1 is 0.653 bits per heavy atom. The van der Waals surface area contributed by atoms with Gasteiger partial charge in [-0.3, -0.25) is 0 Å². The second kappa shape index (κ2) is 14.7. The molecule has 49 heavy (non-hydrogen) atoms. The maximum atomic E-state index is 4.64. The average molecular weight is 819 g/mol. The summed E-state index contributed by atoms with van der Waals surface area (Å²) in [5, 5.41) is 0. The predicted octanol–water partition coefficient (Wildman–Crippen LogP) is 11.9. The van der Waals surface area contributed by atoms with E-state index in [-0.39, 0.29) is 30.9 Å². The molecule has 0 N–H and O–H groups in total. The summed E-state index contributed by atoms with van der Waals surface area (Å²) in [6, 6.07) is 34.2. The van der Waals surface area contributed by atoms with Crippen LogP contribution < -0.4 is 0 Å². The zero-order chi connectivity index (χ0) is 34.1. The average Bonchev–Trinajstić information content (AvgIpc) is 3.07. The van der Waals surface area contributed by atoms with E-state index >= 15 is 0 Å². The zero-order valence-corrected chi connectivity index (χ0v) is 32.3. The van der Waals surface area contributed by atoms with Crippen molar-refractivity contribution in [3.63, 3.8) is 0 Å². The molecule has 0 spiro atoms. The Morgan fingerprint density at radius 3 is 2.08 bits per heavy atom. The minimum atomic E-state index is 0. The minimum Gasteiger partial charge on any atom is -0.305 e. The molecule has 2 aliphatic carbocycles. The third-order valence-corrected chi connectivity index (χ3v) is 9.21. The van der Waals surface area contributed by atoms with Crippen LogP contribution in [0.5, 0.6) is 0 Å². The molecular weight excluding hydrogens is 773 g/mol. The van der Waals surface area contributed by atoms with Crippen LogP contribution in [0.3, 0.4) is 0 Å². The Kier molecular flexibility index (Phi) is 10.9. The number of fused-ring (bicyclic) bond motifs is 3. The monoisotopic (exact) mass is 819 g/mol. The fraction of sp³-hybridized carbons (Fsp3) is 0.261. The van der Waals surface area contributed by atoms with E-state index in [0.717, 1.165) is 22.5 Å². The molecule has 0 bridgehead atoms. The van der Waals surface area contributed by atoms with Crippen LogP contribution in [0, 0.1) is 37.3 Å². The molecule has 2 nitrogen and oxygen atoms in total. The second-order valence-electron chi connectivity index (χ2n) is 15.2. The first-order valence-corrected chi connectivity index (χ1v) is 17.0. The van der Waals surface area contributed by atoms with Gasteiger partial charge in [-0.05, 0) is 70.8 Å². The molecular formula is C46H46IrN2-2. The molecule has 3 heteroatoms. The van der Waals surface area contributed by atoms with Crippen molar-refractivity contribution in [3.8, 4) is 33.6 Å². The van der Waals surface area contributed by atoms with E-state index in [1.807, 2.05) is 36.7 Å². The zero-order valence-electron chi connectivity index (χ0n) is 29.9. The van der Waals surface area contributed by atoms with Crippen LogP contribution in [0.25, 0.3) is 39.7 Å². The van der Waals surface area contributed by atoms with E-state index in [1.165, 1.54) is 44.5 Å². The number of benzene rings is 3. The minimum absolute atomic E-state index is 0. The van der Waals surface area contributed by atoms with E-state index in [1.54, 1.807) is 0 Å². The fourth-order valence-corrected chi connectivity index (χ4v) is 6.51. The van der Waals surface area contributed by atoms with E-state index in [0.29, 0.717) is 11.8 Å². The Labute approximate surface area is 307 Å². The van der Waals surface area contributed by atoms with Gasteiger partial charge in [0.1, 0.15) is 0 Å². The van der Waals surface area contributed by atoms with Crippen LogP contribution in [0.2, 0.25) is 0 Å². The number of nitrogens with zero attached hydrogens (tertiary/aromatic N) is 2. The van der Waals surface area contributed by atoms with Gasteiger partial charge in [0, 0.05) is 38.4 Å². The SMILES string of the molecule is CC(C)(C)C1=CC2C=Cc3c[c-]c(-c4cc(C(C)(C)C)ccn4)cc3C2C=C1.Cc1cc(C)cc(-c2cc[c-]c(-c3ccccn3)c2)c1.[Ir]. The number of aryl methyl sites for hydroxylation is 2. The molecule has 2 atom stereocenters. The first kappa shape index (κ1) is 36.1. The molecule has 7 rings (SSSR count). The quantitative estimate of drug-likeness (QED) is 0.170. The van der Waals surface area contributed by atoms with Crippen molar-refractivity contribution in [2.24, 2.45) is 11.3 Å². The molecule has 5 aromatic rings. The summed E-state index contributed by atoms with van der Waals surface area (Å²) in [5.74, 6) is 0.820. The van der Waals surface area contributed by atoms with Gasteiger partial charge in [0.2, 0.25) is 0 Å². The van der Waals surface area contributed by atoms with Crippen molar-refractivity contribution < 1.29 is 20.1 Å². The van der Waals surface area contributed by atoms with Gasteiger partial charge in [-0.2, -0.15) is 0 Å². The second-order valence-corrected chi connectivity index (χ2v) is 15.2. The van der Waals surface area contributed by atoms with Crippen LogP contribution in [0.1, 0.15) is 75.3 Å². The van der Waals surface area contributed by atoms with Gasteiger partial charge in [-0.1, -0.05) is 113 Å². The number of allylic oxidation sites excluding steroid dienone is 5. The first-order chi connectivity index (χ1) is 22.8. The van der Waals surface area contributed by atoms with Gasteiger partial charge in [-0.15, -0.1) is 76.4 Å². The van der Waals surface area contributed by atoms with E-state index in [4.69, 9.17) is 0 Å². The Morgan fingerprint density at radius 2 is 1.39 bits per heavy atom. The largest absolute Gasteiger partial charge is 0.305 e. The molecule has 2 unspecified atom stereocenters. The molecule has 2 heterocycles. The van der Waals surface area contributed by atoms with Crippen LogP contribution in [-0.4, -0.2) is 9.97 Å². The molecule has 2 aliphatic rings. The standard InChI is InChI=1S/C27H30N.C19H16N.Ir/c1-26(2,3)21-11-12-23-19(15-21)9-7-18-8-10-20(16-24(18)23)25-17-22(13-14-28-25)27(4,5)6;1-14-10-15(2)12-18(11-14)16-6-5-7-17(13-16)19-8-3-4-9-20-19;/h7-9,11-17,19,23H,1-6H3;3-6,8-13H,1-2H3;/q2*-1;. The van der Waals surface area contributed by atoms with E-state index < -0.39 is 0 Å². The molecule has 251 valence electrons. The van der Waals surface area contributed by atoms with Gasteiger partial charge in [-0.25, -0.2) is 0 Å². The Hall–Kier alpha value is -4.17.